The van der Waals surface area contributed by atoms with Crippen LogP contribution in [0.1, 0.15) is 44.9 Å². The van der Waals surface area contributed by atoms with Crippen molar-refractivity contribution in [2.24, 2.45) is 4.99 Å². The van der Waals surface area contributed by atoms with Crippen LogP contribution in [0.25, 0.3) is 6.08 Å². The van der Waals surface area contributed by atoms with Crippen LogP contribution in [0.3, 0.4) is 0 Å². The Kier molecular flexibility index (Phi) is 7.05. The Balaban J connectivity index is 1.86. The number of esters is 2. The Bertz CT molecular complexity index is 1500. The van der Waals surface area contributed by atoms with Gasteiger partial charge in [0, 0.05) is 11.9 Å². The van der Waals surface area contributed by atoms with Crippen LogP contribution in [0, 0.1) is 0 Å². The van der Waals surface area contributed by atoms with E-state index in [-0.39, 0.29) is 11.7 Å². The van der Waals surface area contributed by atoms with E-state index in [0.717, 1.165) is 11.1 Å². The normalized spacial score (nSPS) is 15.6. The smallest absolute Gasteiger partial charge is 0.338 e. The fourth-order valence-corrected chi connectivity index (χ4v) is 4.94. The first-order valence-electron chi connectivity index (χ1n) is 10.9. The van der Waals surface area contributed by atoms with Crippen LogP contribution in [0.2, 0.25) is 5.02 Å². The number of thiazole rings is 1. The van der Waals surface area contributed by atoms with Crippen molar-refractivity contribution >= 4 is 41.0 Å². The van der Waals surface area contributed by atoms with Gasteiger partial charge in [0.2, 0.25) is 0 Å². The minimum atomic E-state index is -0.705. The highest BCUT2D eigenvalue weighted by molar-refractivity contribution is 7.07. The molecular formula is C26H23ClN2O5S. The number of carbonyl (C=O) groups excluding carboxylic acids is 2. The first-order valence-corrected chi connectivity index (χ1v) is 12.1. The number of fused-ring (bicyclic) bond motifs is 1. The summed E-state index contributed by atoms with van der Waals surface area (Å²) in [6.45, 7) is 6.61. The number of ether oxygens (including phenoxy) is 2. The molecule has 7 nitrogen and oxygen atoms in total. The second-order valence-corrected chi connectivity index (χ2v) is 9.70. The molecule has 4 rings (SSSR count). The SMILES string of the molecule is CC(=O)Oc1ccc(/C=c2\sc3n(c2=O)[C@@H](c2ccc(Cl)cc2)C(C(=O)OC(C)C)=C(C)N=3)cc1. The van der Waals surface area contributed by atoms with Crippen molar-refractivity contribution in [3.63, 3.8) is 0 Å². The van der Waals surface area contributed by atoms with E-state index >= 15 is 0 Å². The fourth-order valence-electron chi connectivity index (χ4n) is 3.77. The molecule has 2 aromatic carbocycles. The molecule has 1 aliphatic heterocycles. The van der Waals surface area contributed by atoms with Crippen molar-refractivity contribution in [3.8, 4) is 5.75 Å². The first-order chi connectivity index (χ1) is 16.6. The molecule has 0 N–H and O–H groups in total. The highest BCUT2D eigenvalue weighted by atomic mass is 35.5. The van der Waals surface area contributed by atoms with E-state index < -0.39 is 18.0 Å². The lowest BCUT2D eigenvalue weighted by atomic mass is 9.96. The van der Waals surface area contributed by atoms with Crippen molar-refractivity contribution in [3.05, 3.63) is 95.6 Å². The molecule has 0 amide bonds. The average Bonchev–Trinajstić information content (AvgIpc) is 3.08. The fraction of sp³-hybridized carbons (Fsp3) is 0.231. The lowest BCUT2D eigenvalue weighted by molar-refractivity contribution is -0.143. The molecule has 0 saturated carbocycles. The van der Waals surface area contributed by atoms with Gasteiger partial charge in [-0.05, 0) is 62.2 Å². The maximum atomic E-state index is 13.6. The van der Waals surface area contributed by atoms with E-state index in [1.54, 1.807) is 75.4 Å². The van der Waals surface area contributed by atoms with E-state index in [0.29, 0.717) is 31.4 Å². The van der Waals surface area contributed by atoms with Crippen LogP contribution < -0.4 is 19.6 Å². The summed E-state index contributed by atoms with van der Waals surface area (Å²) in [7, 11) is 0. The zero-order valence-corrected chi connectivity index (χ0v) is 21.1. The summed E-state index contributed by atoms with van der Waals surface area (Å²) in [4.78, 5) is 42.9. The van der Waals surface area contributed by atoms with Gasteiger partial charge in [-0.1, -0.05) is 47.2 Å². The van der Waals surface area contributed by atoms with Crippen LogP contribution in [0.15, 0.2) is 69.6 Å². The van der Waals surface area contributed by atoms with Gasteiger partial charge in [0.25, 0.3) is 5.56 Å². The molecule has 3 aromatic rings. The minimum Gasteiger partial charge on any atom is -0.459 e. The highest BCUT2D eigenvalue weighted by Crippen LogP contribution is 2.31. The topological polar surface area (TPSA) is 87.0 Å². The zero-order valence-electron chi connectivity index (χ0n) is 19.6. The molecule has 9 heteroatoms. The Morgan fingerprint density at radius 1 is 1.11 bits per heavy atom. The minimum absolute atomic E-state index is 0.278. The molecule has 2 heterocycles. The summed E-state index contributed by atoms with van der Waals surface area (Å²) in [6.07, 6.45) is 1.42. The summed E-state index contributed by atoms with van der Waals surface area (Å²) in [5.74, 6) is -0.505. The van der Waals surface area contributed by atoms with E-state index in [2.05, 4.69) is 4.99 Å². The van der Waals surface area contributed by atoms with Gasteiger partial charge in [0.05, 0.1) is 27.9 Å². The van der Waals surface area contributed by atoms with Gasteiger partial charge in [-0.25, -0.2) is 9.79 Å². The lowest BCUT2D eigenvalue weighted by Gasteiger charge is -2.25. The molecule has 0 bridgehead atoms. The van der Waals surface area contributed by atoms with Gasteiger partial charge in [-0.3, -0.25) is 14.2 Å². The third-order valence-electron chi connectivity index (χ3n) is 5.21. The van der Waals surface area contributed by atoms with E-state index in [1.807, 2.05) is 0 Å². The molecule has 1 atom stereocenters. The zero-order chi connectivity index (χ0) is 25.3. The van der Waals surface area contributed by atoms with E-state index in [9.17, 15) is 14.4 Å². The molecule has 1 aliphatic rings. The molecule has 0 fully saturated rings. The number of hydrogen-bond acceptors (Lipinski definition) is 7. The van der Waals surface area contributed by atoms with Crippen molar-refractivity contribution < 1.29 is 19.1 Å². The van der Waals surface area contributed by atoms with Crippen LogP contribution in [-0.2, 0) is 14.3 Å². The van der Waals surface area contributed by atoms with Gasteiger partial charge >= 0.3 is 11.9 Å². The quantitative estimate of drug-likeness (QED) is 0.385. The molecule has 0 saturated heterocycles. The number of halogens is 1. The summed E-state index contributed by atoms with van der Waals surface area (Å²) >= 11 is 7.33. The molecule has 1 aromatic heterocycles. The third kappa shape index (κ3) is 5.28. The summed E-state index contributed by atoms with van der Waals surface area (Å²) in [5, 5.41) is 0.547. The second-order valence-electron chi connectivity index (χ2n) is 8.25. The third-order valence-corrected chi connectivity index (χ3v) is 6.44. The standard InChI is InChI=1S/C26H23ClN2O5S/c1-14(2)33-25(32)22-15(3)28-26-29(23(22)18-7-9-19(27)10-8-18)24(31)21(35-26)13-17-5-11-20(12-6-17)34-16(4)30/h5-14,23H,1-4H3/b21-13-/t23-/m0/s1. The van der Waals surface area contributed by atoms with Gasteiger partial charge in [0.15, 0.2) is 4.80 Å². The largest absolute Gasteiger partial charge is 0.459 e. The molecule has 0 aliphatic carbocycles. The summed E-state index contributed by atoms with van der Waals surface area (Å²) in [6, 6.07) is 13.1. The van der Waals surface area contributed by atoms with Gasteiger partial charge in [-0.15, -0.1) is 0 Å². The van der Waals surface area contributed by atoms with Crippen LogP contribution in [-0.4, -0.2) is 22.6 Å². The van der Waals surface area contributed by atoms with Crippen molar-refractivity contribution in [2.75, 3.05) is 0 Å². The number of rotatable bonds is 5. The number of carbonyl (C=O) groups is 2. The molecule has 0 radical (unpaired) electrons. The predicted octanol–water partition coefficient (Wildman–Crippen LogP) is 3.77. The first kappa shape index (κ1) is 24.6. The summed E-state index contributed by atoms with van der Waals surface area (Å²) < 4.78 is 12.5. The summed E-state index contributed by atoms with van der Waals surface area (Å²) in [5.41, 5.74) is 2.00. The average molecular weight is 511 g/mol. The Labute approximate surface area is 210 Å². The monoisotopic (exact) mass is 510 g/mol. The van der Waals surface area contributed by atoms with Gasteiger partial charge in [-0.2, -0.15) is 0 Å². The number of allylic oxidation sites excluding steroid dienone is 1. The van der Waals surface area contributed by atoms with Crippen LogP contribution in [0.4, 0.5) is 0 Å². The molecule has 0 spiro atoms. The maximum Gasteiger partial charge on any atom is 0.338 e. The molecule has 35 heavy (non-hydrogen) atoms. The van der Waals surface area contributed by atoms with Crippen molar-refractivity contribution in [2.45, 2.75) is 39.8 Å². The highest BCUT2D eigenvalue weighted by Gasteiger charge is 2.33. The second kappa shape index (κ2) is 10.0. The van der Waals surface area contributed by atoms with Crippen LogP contribution in [0.5, 0.6) is 5.75 Å². The molecule has 0 unspecified atom stereocenters. The molecule has 180 valence electrons. The number of nitrogens with zero attached hydrogens (tertiary/aromatic N) is 2. The number of aromatic nitrogens is 1. The van der Waals surface area contributed by atoms with Crippen molar-refractivity contribution in [1.29, 1.82) is 0 Å². The number of hydrogen-bond donors (Lipinski definition) is 0. The van der Waals surface area contributed by atoms with E-state index in [4.69, 9.17) is 21.1 Å². The van der Waals surface area contributed by atoms with Gasteiger partial charge < -0.3 is 9.47 Å². The Morgan fingerprint density at radius 3 is 2.37 bits per heavy atom. The number of benzene rings is 2. The van der Waals surface area contributed by atoms with Crippen molar-refractivity contribution in [1.82, 2.24) is 4.57 Å². The lowest BCUT2D eigenvalue weighted by Crippen LogP contribution is -2.40. The predicted molar refractivity (Wildman–Crippen MR) is 134 cm³/mol. The van der Waals surface area contributed by atoms with E-state index in [1.165, 1.54) is 22.8 Å². The maximum absolute atomic E-state index is 13.6. The molecular weight excluding hydrogens is 488 g/mol. The Hall–Kier alpha value is -3.49. The van der Waals surface area contributed by atoms with Gasteiger partial charge in [0.1, 0.15) is 5.75 Å². The van der Waals surface area contributed by atoms with Crippen LogP contribution >= 0.6 is 22.9 Å². The Morgan fingerprint density at radius 2 is 1.77 bits per heavy atom.